The highest BCUT2D eigenvalue weighted by Crippen LogP contribution is 2.11. The van der Waals surface area contributed by atoms with Crippen LogP contribution < -0.4 is 10.6 Å². The number of nitrogens with one attached hydrogen (secondary N) is 2. The van der Waals surface area contributed by atoms with Gasteiger partial charge in [-0.05, 0) is 6.92 Å². The lowest BCUT2D eigenvalue weighted by molar-refractivity contribution is 0.145. The van der Waals surface area contributed by atoms with Gasteiger partial charge in [0.05, 0.1) is 19.3 Å². The first-order valence-electron chi connectivity index (χ1n) is 5.58. The summed E-state index contributed by atoms with van der Waals surface area (Å²) < 4.78 is 5.44. The van der Waals surface area contributed by atoms with Gasteiger partial charge >= 0.3 is 0 Å². The first-order valence-corrected chi connectivity index (χ1v) is 5.58. The average molecular weight is 233 g/mol. The number of anilines is 1. The first kappa shape index (κ1) is 11.8. The van der Waals surface area contributed by atoms with Crippen LogP contribution in [-0.4, -0.2) is 42.3 Å². The fourth-order valence-electron chi connectivity index (χ4n) is 1.63. The van der Waals surface area contributed by atoms with Crippen LogP contribution in [0.4, 0.5) is 5.82 Å². The SMILES string of the molecule is Cc1cnc(C#N)nc1NC1CNCCOC1. The van der Waals surface area contributed by atoms with Crippen molar-refractivity contribution in [3.63, 3.8) is 0 Å². The molecule has 1 unspecified atom stereocenters. The molecule has 0 saturated carbocycles. The summed E-state index contributed by atoms with van der Waals surface area (Å²) in [5, 5.41) is 15.3. The lowest BCUT2D eigenvalue weighted by Gasteiger charge is -2.17. The Labute approximate surface area is 100 Å². The molecule has 1 aromatic rings. The predicted molar refractivity (Wildman–Crippen MR) is 62.6 cm³/mol. The minimum atomic E-state index is 0.164. The highest BCUT2D eigenvalue weighted by molar-refractivity contribution is 5.44. The number of aromatic nitrogens is 2. The van der Waals surface area contributed by atoms with Gasteiger partial charge in [0.25, 0.3) is 0 Å². The van der Waals surface area contributed by atoms with Crippen LogP contribution in [0, 0.1) is 18.3 Å². The third-order valence-electron chi connectivity index (χ3n) is 2.55. The van der Waals surface area contributed by atoms with E-state index >= 15 is 0 Å². The molecule has 0 aliphatic carbocycles. The van der Waals surface area contributed by atoms with Crippen LogP contribution in [0.2, 0.25) is 0 Å². The number of hydrogen-bond donors (Lipinski definition) is 2. The third kappa shape index (κ3) is 3.12. The second-order valence-electron chi connectivity index (χ2n) is 3.96. The summed E-state index contributed by atoms with van der Waals surface area (Å²) in [5.41, 5.74) is 0.924. The molecule has 1 saturated heterocycles. The molecular weight excluding hydrogens is 218 g/mol. The van der Waals surface area contributed by atoms with E-state index in [1.54, 1.807) is 6.20 Å². The molecule has 6 heteroatoms. The van der Waals surface area contributed by atoms with Gasteiger partial charge < -0.3 is 15.4 Å². The molecule has 6 nitrogen and oxygen atoms in total. The van der Waals surface area contributed by atoms with Gasteiger partial charge in [0, 0.05) is 24.8 Å². The van der Waals surface area contributed by atoms with Gasteiger partial charge in [0.1, 0.15) is 11.9 Å². The van der Waals surface area contributed by atoms with Gasteiger partial charge in [-0.15, -0.1) is 0 Å². The second kappa shape index (κ2) is 5.57. The van der Waals surface area contributed by atoms with Crippen molar-refractivity contribution < 1.29 is 4.74 Å². The Hall–Kier alpha value is -1.71. The minimum absolute atomic E-state index is 0.164. The van der Waals surface area contributed by atoms with E-state index in [2.05, 4.69) is 20.6 Å². The topological polar surface area (TPSA) is 82.9 Å². The standard InChI is InChI=1S/C11H15N5O/c1-8-5-14-10(4-12)16-11(8)15-9-6-13-2-3-17-7-9/h5,9,13H,2-3,6-7H2,1H3,(H,14,15,16). The van der Waals surface area contributed by atoms with Crippen LogP contribution in [0.5, 0.6) is 0 Å². The molecule has 0 amide bonds. The molecule has 1 aliphatic rings. The van der Waals surface area contributed by atoms with Crippen LogP contribution in [0.3, 0.4) is 0 Å². The fourth-order valence-corrected chi connectivity index (χ4v) is 1.63. The van der Waals surface area contributed by atoms with E-state index in [0.717, 1.165) is 25.3 Å². The summed E-state index contributed by atoms with van der Waals surface area (Å²) in [6.45, 7) is 4.97. The molecule has 0 radical (unpaired) electrons. The molecule has 17 heavy (non-hydrogen) atoms. The molecule has 0 bridgehead atoms. The Morgan fingerprint density at radius 3 is 3.35 bits per heavy atom. The van der Waals surface area contributed by atoms with Gasteiger partial charge in [0.15, 0.2) is 0 Å². The van der Waals surface area contributed by atoms with Crippen LogP contribution in [-0.2, 0) is 4.74 Å². The Balaban J connectivity index is 2.09. The highest BCUT2D eigenvalue weighted by atomic mass is 16.5. The summed E-state index contributed by atoms with van der Waals surface area (Å²) >= 11 is 0. The lowest BCUT2D eigenvalue weighted by atomic mass is 10.2. The maximum absolute atomic E-state index is 8.76. The average Bonchev–Trinajstić information content (AvgIpc) is 2.60. The zero-order valence-corrected chi connectivity index (χ0v) is 9.73. The predicted octanol–water partition coefficient (Wildman–Crippen LogP) is 0.0570. The van der Waals surface area contributed by atoms with E-state index in [1.165, 1.54) is 0 Å². The molecular formula is C11H15N5O. The van der Waals surface area contributed by atoms with Crippen LogP contribution in [0.25, 0.3) is 0 Å². The van der Waals surface area contributed by atoms with Crippen molar-refractivity contribution in [2.45, 2.75) is 13.0 Å². The molecule has 1 aliphatic heterocycles. The second-order valence-corrected chi connectivity index (χ2v) is 3.96. The normalized spacial score (nSPS) is 20.4. The lowest BCUT2D eigenvalue weighted by Crippen LogP contribution is -2.34. The van der Waals surface area contributed by atoms with Gasteiger partial charge in [-0.25, -0.2) is 9.97 Å². The summed E-state index contributed by atoms with van der Waals surface area (Å²) in [6, 6.07) is 2.10. The van der Waals surface area contributed by atoms with E-state index in [9.17, 15) is 0 Å². The zero-order chi connectivity index (χ0) is 12.1. The van der Waals surface area contributed by atoms with Crippen molar-refractivity contribution in [2.24, 2.45) is 0 Å². The van der Waals surface area contributed by atoms with E-state index < -0.39 is 0 Å². The largest absolute Gasteiger partial charge is 0.378 e. The number of ether oxygens (including phenoxy) is 1. The maximum Gasteiger partial charge on any atom is 0.234 e. The zero-order valence-electron chi connectivity index (χ0n) is 9.73. The Morgan fingerprint density at radius 2 is 2.53 bits per heavy atom. The van der Waals surface area contributed by atoms with Gasteiger partial charge in [-0.2, -0.15) is 5.26 Å². The molecule has 1 aromatic heterocycles. The summed E-state index contributed by atoms with van der Waals surface area (Å²) in [4.78, 5) is 8.06. The van der Waals surface area contributed by atoms with E-state index in [-0.39, 0.29) is 11.9 Å². The molecule has 0 spiro atoms. The molecule has 2 heterocycles. The van der Waals surface area contributed by atoms with Crippen molar-refractivity contribution in [2.75, 3.05) is 31.6 Å². The Bertz CT molecular complexity index is 420. The van der Waals surface area contributed by atoms with E-state index in [4.69, 9.17) is 10.00 Å². The molecule has 90 valence electrons. The first-order chi connectivity index (χ1) is 8.29. The molecule has 1 atom stereocenters. The number of hydrogen-bond acceptors (Lipinski definition) is 6. The smallest absolute Gasteiger partial charge is 0.234 e. The van der Waals surface area contributed by atoms with Gasteiger partial charge in [-0.1, -0.05) is 0 Å². The van der Waals surface area contributed by atoms with Crippen LogP contribution in [0.1, 0.15) is 11.4 Å². The summed E-state index contributed by atoms with van der Waals surface area (Å²) in [6.07, 6.45) is 1.65. The van der Waals surface area contributed by atoms with Crippen molar-refractivity contribution in [3.8, 4) is 6.07 Å². The number of nitriles is 1. The summed E-state index contributed by atoms with van der Waals surface area (Å²) in [7, 11) is 0. The van der Waals surface area contributed by atoms with Gasteiger partial charge in [-0.3, -0.25) is 0 Å². The van der Waals surface area contributed by atoms with E-state index in [0.29, 0.717) is 12.4 Å². The number of nitrogens with zero attached hydrogens (tertiary/aromatic N) is 3. The highest BCUT2D eigenvalue weighted by Gasteiger charge is 2.14. The monoisotopic (exact) mass is 233 g/mol. The fraction of sp³-hybridized carbons (Fsp3) is 0.545. The van der Waals surface area contributed by atoms with Crippen molar-refractivity contribution in [3.05, 3.63) is 17.6 Å². The molecule has 1 fully saturated rings. The third-order valence-corrected chi connectivity index (χ3v) is 2.55. The number of rotatable bonds is 2. The van der Waals surface area contributed by atoms with Crippen molar-refractivity contribution >= 4 is 5.82 Å². The number of aryl methyl sites for hydroxylation is 1. The molecule has 2 rings (SSSR count). The van der Waals surface area contributed by atoms with Crippen molar-refractivity contribution in [1.82, 2.24) is 15.3 Å². The Kier molecular flexibility index (Phi) is 3.85. The maximum atomic E-state index is 8.76. The minimum Gasteiger partial charge on any atom is -0.378 e. The Morgan fingerprint density at radius 1 is 1.65 bits per heavy atom. The van der Waals surface area contributed by atoms with Crippen LogP contribution >= 0.6 is 0 Å². The molecule has 2 N–H and O–H groups in total. The van der Waals surface area contributed by atoms with Gasteiger partial charge in [0.2, 0.25) is 5.82 Å². The summed E-state index contributed by atoms with van der Waals surface area (Å²) in [5.74, 6) is 0.884. The molecule has 0 aromatic carbocycles. The quantitative estimate of drug-likeness (QED) is 0.751. The van der Waals surface area contributed by atoms with Crippen LogP contribution in [0.15, 0.2) is 6.20 Å². The van der Waals surface area contributed by atoms with Crippen molar-refractivity contribution in [1.29, 1.82) is 5.26 Å². The van der Waals surface area contributed by atoms with E-state index in [1.807, 2.05) is 13.0 Å².